The predicted octanol–water partition coefficient (Wildman–Crippen LogP) is 0.426. The summed E-state index contributed by atoms with van der Waals surface area (Å²) < 4.78 is 4.90. The van der Waals surface area contributed by atoms with E-state index in [0.717, 1.165) is 6.42 Å². The summed E-state index contributed by atoms with van der Waals surface area (Å²) in [4.78, 5) is 47.9. The molecule has 1 aliphatic rings. The molecule has 0 aromatic heterocycles. The fourth-order valence-corrected chi connectivity index (χ4v) is 2.22. The van der Waals surface area contributed by atoms with Crippen molar-refractivity contribution in [3.05, 3.63) is 29.8 Å². The zero-order valence-corrected chi connectivity index (χ0v) is 12.6. The molecule has 8 nitrogen and oxygen atoms in total. The van der Waals surface area contributed by atoms with Crippen LogP contribution in [0.15, 0.2) is 24.3 Å². The molecule has 1 heterocycles. The van der Waals surface area contributed by atoms with Crippen molar-refractivity contribution in [2.45, 2.75) is 12.8 Å². The van der Waals surface area contributed by atoms with Crippen LogP contribution in [0.25, 0.3) is 0 Å². The van der Waals surface area contributed by atoms with Crippen molar-refractivity contribution in [3.8, 4) is 0 Å². The molecule has 122 valence electrons. The SMILES string of the molecule is CNC(=O)NC(=O)COC(=O)c1ccccc1N1CCCC1=O. The number of carbonyl (C=O) groups excluding carboxylic acids is 4. The van der Waals surface area contributed by atoms with Gasteiger partial charge in [-0.05, 0) is 18.6 Å². The van der Waals surface area contributed by atoms with Crippen molar-refractivity contribution in [2.75, 3.05) is 25.1 Å². The van der Waals surface area contributed by atoms with Crippen molar-refractivity contribution < 1.29 is 23.9 Å². The fraction of sp³-hybridized carbons (Fsp3) is 0.333. The van der Waals surface area contributed by atoms with Crippen molar-refractivity contribution in [2.24, 2.45) is 0 Å². The van der Waals surface area contributed by atoms with Gasteiger partial charge >= 0.3 is 12.0 Å². The minimum atomic E-state index is -0.743. The molecule has 0 spiro atoms. The molecule has 0 radical (unpaired) electrons. The third-order valence-electron chi connectivity index (χ3n) is 3.30. The van der Waals surface area contributed by atoms with E-state index in [1.54, 1.807) is 18.2 Å². The summed E-state index contributed by atoms with van der Waals surface area (Å²) in [5, 5.41) is 4.19. The lowest BCUT2D eigenvalue weighted by atomic mass is 10.1. The summed E-state index contributed by atoms with van der Waals surface area (Å²) in [5.41, 5.74) is 0.669. The second-order valence-electron chi connectivity index (χ2n) is 4.87. The number of urea groups is 1. The molecule has 0 saturated carbocycles. The lowest BCUT2D eigenvalue weighted by Crippen LogP contribution is -2.39. The van der Waals surface area contributed by atoms with E-state index in [-0.39, 0.29) is 11.5 Å². The molecule has 0 bridgehead atoms. The van der Waals surface area contributed by atoms with Gasteiger partial charge in [0, 0.05) is 20.0 Å². The standard InChI is InChI=1S/C15H17N3O5/c1-16-15(22)17-12(19)9-23-14(21)10-5-2-3-6-11(10)18-8-4-7-13(18)20/h2-3,5-6H,4,7-9H2,1H3,(H2,16,17,19,22). The van der Waals surface area contributed by atoms with Crippen LogP contribution in [0.3, 0.4) is 0 Å². The van der Waals surface area contributed by atoms with Crippen LogP contribution in [-0.2, 0) is 14.3 Å². The van der Waals surface area contributed by atoms with Gasteiger partial charge in [0.2, 0.25) is 5.91 Å². The largest absolute Gasteiger partial charge is 0.452 e. The van der Waals surface area contributed by atoms with Crippen LogP contribution in [0.4, 0.5) is 10.5 Å². The molecule has 0 aliphatic carbocycles. The van der Waals surface area contributed by atoms with Crippen LogP contribution in [0, 0.1) is 0 Å². The molecular formula is C15H17N3O5. The fourth-order valence-electron chi connectivity index (χ4n) is 2.22. The summed E-state index contributed by atoms with van der Waals surface area (Å²) in [6.07, 6.45) is 1.18. The minimum Gasteiger partial charge on any atom is -0.452 e. The number of benzene rings is 1. The predicted molar refractivity (Wildman–Crippen MR) is 80.9 cm³/mol. The van der Waals surface area contributed by atoms with Gasteiger partial charge in [0.25, 0.3) is 5.91 Å². The first-order chi connectivity index (χ1) is 11.0. The topological polar surface area (TPSA) is 105 Å². The van der Waals surface area contributed by atoms with Crippen molar-refractivity contribution in [3.63, 3.8) is 0 Å². The molecule has 2 rings (SSSR count). The van der Waals surface area contributed by atoms with Crippen molar-refractivity contribution in [1.29, 1.82) is 0 Å². The lowest BCUT2D eigenvalue weighted by molar-refractivity contribution is -0.123. The molecule has 23 heavy (non-hydrogen) atoms. The van der Waals surface area contributed by atoms with Crippen LogP contribution < -0.4 is 15.5 Å². The van der Waals surface area contributed by atoms with Gasteiger partial charge in [-0.2, -0.15) is 0 Å². The lowest BCUT2D eigenvalue weighted by Gasteiger charge is -2.18. The van der Waals surface area contributed by atoms with Gasteiger partial charge in [0.1, 0.15) is 0 Å². The molecule has 2 N–H and O–H groups in total. The van der Waals surface area contributed by atoms with Crippen LogP contribution in [0.2, 0.25) is 0 Å². The Morgan fingerprint density at radius 3 is 2.65 bits per heavy atom. The summed E-state index contributed by atoms with van der Waals surface area (Å²) in [6.45, 7) is -0.0468. The number of hydrogen-bond acceptors (Lipinski definition) is 5. The molecule has 1 saturated heterocycles. The van der Waals surface area contributed by atoms with Gasteiger partial charge in [-0.3, -0.25) is 14.9 Å². The van der Waals surface area contributed by atoms with Crippen LogP contribution in [-0.4, -0.2) is 44.0 Å². The Bertz CT molecular complexity index is 644. The average Bonchev–Trinajstić information content (AvgIpc) is 2.98. The van der Waals surface area contributed by atoms with Crippen molar-refractivity contribution in [1.82, 2.24) is 10.6 Å². The molecule has 4 amide bonds. The Morgan fingerprint density at radius 2 is 2.00 bits per heavy atom. The highest BCUT2D eigenvalue weighted by Gasteiger charge is 2.26. The van der Waals surface area contributed by atoms with Crippen LogP contribution in [0.1, 0.15) is 23.2 Å². The molecule has 0 atom stereocenters. The number of rotatable bonds is 4. The zero-order chi connectivity index (χ0) is 16.8. The van der Waals surface area contributed by atoms with Crippen LogP contribution >= 0.6 is 0 Å². The first-order valence-electron chi connectivity index (χ1n) is 7.11. The number of esters is 1. The molecule has 1 aliphatic heterocycles. The summed E-state index contributed by atoms with van der Waals surface area (Å²) >= 11 is 0. The van der Waals surface area contributed by atoms with Gasteiger partial charge in [-0.25, -0.2) is 9.59 Å². The maximum atomic E-state index is 12.1. The normalized spacial score (nSPS) is 13.6. The number of nitrogens with one attached hydrogen (secondary N) is 2. The number of hydrogen-bond donors (Lipinski definition) is 2. The van der Waals surface area contributed by atoms with E-state index in [9.17, 15) is 19.2 Å². The Labute approximate surface area is 132 Å². The number of carbonyl (C=O) groups is 4. The van der Waals surface area contributed by atoms with E-state index in [2.05, 4.69) is 5.32 Å². The maximum absolute atomic E-state index is 12.1. The number of imide groups is 1. The molecule has 1 aromatic rings. The molecule has 1 fully saturated rings. The molecular weight excluding hydrogens is 302 g/mol. The van der Waals surface area contributed by atoms with Crippen molar-refractivity contribution >= 4 is 29.5 Å². The summed E-state index contributed by atoms with van der Waals surface area (Å²) in [6, 6.07) is 5.86. The first kappa shape index (κ1) is 16.5. The van der Waals surface area contributed by atoms with E-state index in [4.69, 9.17) is 4.74 Å². The monoisotopic (exact) mass is 319 g/mol. The summed E-state index contributed by atoms with van der Waals surface area (Å²) in [5.74, 6) is -1.53. The Kier molecular flexibility index (Phi) is 5.29. The highest BCUT2D eigenvalue weighted by molar-refractivity contribution is 6.04. The Hall–Kier alpha value is -2.90. The Balaban J connectivity index is 2.04. The number of nitrogens with zero attached hydrogens (tertiary/aromatic N) is 1. The first-order valence-corrected chi connectivity index (χ1v) is 7.11. The number of anilines is 1. The maximum Gasteiger partial charge on any atom is 0.340 e. The number of amides is 4. The molecule has 0 unspecified atom stereocenters. The van der Waals surface area contributed by atoms with E-state index in [1.165, 1.54) is 18.0 Å². The molecule has 8 heteroatoms. The van der Waals surface area contributed by atoms with Crippen LogP contribution in [0.5, 0.6) is 0 Å². The molecule has 1 aromatic carbocycles. The smallest absolute Gasteiger partial charge is 0.340 e. The highest BCUT2D eigenvalue weighted by atomic mass is 16.5. The third kappa shape index (κ3) is 4.06. The van der Waals surface area contributed by atoms with E-state index < -0.39 is 24.5 Å². The Morgan fingerprint density at radius 1 is 1.26 bits per heavy atom. The highest BCUT2D eigenvalue weighted by Crippen LogP contribution is 2.25. The van der Waals surface area contributed by atoms with E-state index in [0.29, 0.717) is 18.7 Å². The zero-order valence-electron chi connectivity index (χ0n) is 12.6. The van der Waals surface area contributed by atoms with Gasteiger partial charge in [-0.15, -0.1) is 0 Å². The third-order valence-corrected chi connectivity index (χ3v) is 3.30. The van der Waals surface area contributed by atoms with E-state index >= 15 is 0 Å². The van der Waals surface area contributed by atoms with Gasteiger partial charge in [0.05, 0.1) is 11.3 Å². The number of para-hydroxylation sites is 1. The average molecular weight is 319 g/mol. The quantitative estimate of drug-likeness (QED) is 0.783. The van der Waals surface area contributed by atoms with Gasteiger partial charge in [-0.1, -0.05) is 12.1 Å². The van der Waals surface area contributed by atoms with E-state index in [1.807, 2.05) is 5.32 Å². The number of ether oxygens (including phenoxy) is 1. The van der Waals surface area contributed by atoms with Gasteiger partial charge in [0.15, 0.2) is 6.61 Å². The minimum absolute atomic E-state index is 0.0531. The second-order valence-corrected chi connectivity index (χ2v) is 4.87. The second kappa shape index (κ2) is 7.39. The van der Waals surface area contributed by atoms with Gasteiger partial charge < -0.3 is 15.0 Å². The summed E-state index contributed by atoms with van der Waals surface area (Å²) in [7, 11) is 1.36.